The number of nitrogens with zero attached hydrogens (tertiary/aromatic N) is 2. The van der Waals surface area contributed by atoms with E-state index in [2.05, 4.69) is 90.7 Å². The fraction of sp³-hybridized carbons (Fsp3) is 0.719. The summed E-state index contributed by atoms with van der Waals surface area (Å²) in [6, 6.07) is 1.66. The Morgan fingerprint density at radius 3 is 2.23 bits per heavy atom. The highest BCUT2D eigenvalue weighted by Gasteiger charge is 2.49. The maximum absolute atomic E-state index is 13.9. The van der Waals surface area contributed by atoms with Crippen LogP contribution in [0.1, 0.15) is 109 Å². The Labute approximate surface area is 293 Å². The van der Waals surface area contributed by atoms with Gasteiger partial charge in [-0.05, 0) is 60.6 Å². The molecular weight excluding hydrogens is 692 g/mol. The van der Waals surface area contributed by atoms with Crippen molar-refractivity contribution in [3.8, 4) is 0 Å². The third kappa shape index (κ3) is 9.51. The number of aromatic nitrogens is 2. The zero-order chi connectivity index (χ0) is 35.7. The van der Waals surface area contributed by atoms with Crippen LogP contribution in [0, 0.1) is 5.92 Å². The Morgan fingerprint density at radius 2 is 1.70 bits per heavy atom. The molecule has 3 rings (SSSR count). The zero-order valence-electron chi connectivity index (χ0n) is 30.0. The molecule has 1 saturated carbocycles. The number of carbonyl (C=O) groups is 1. The minimum atomic E-state index is -4.12. The van der Waals surface area contributed by atoms with Crippen LogP contribution in [0.5, 0.6) is 0 Å². The first-order valence-electron chi connectivity index (χ1n) is 16.4. The molecule has 0 aromatic carbocycles. The fourth-order valence-electron chi connectivity index (χ4n) is 6.77. The van der Waals surface area contributed by atoms with Gasteiger partial charge in [-0.3, -0.25) is 8.98 Å². The molecule has 10 nitrogen and oxygen atoms in total. The van der Waals surface area contributed by atoms with Crippen molar-refractivity contribution in [3.05, 3.63) is 38.9 Å². The lowest BCUT2D eigenvalue weighted by Gasteiger charge is -2.45. The summed E-state index contributed by atoms with van der Waals surface area (Å²) in [4.78, 5) is 23.0. The predicted molar refractivity (Wildman–Crippen MR) is 197 cm³/mol. The molecule has 2 aromatic heterocycles. The van der Waals surface area contributed by atoms with Gasteiger partial charge in [0.25, 0.3) is 0 Å². The highest BCUT2D eigenvalue weighted by molar-refractivity contribution is 7.84. The SMILES string of the molecule is CC(O[Si](C)(C)C(C)(C)C)c1cc(C(=O)c2cncnc2N[C@@H]2C[C@H](COS(N)(=O)=O)[C@@H](O[Si](C(C)C)(C(C)C)C(C)C)C2)sc1Cl. The second-order valence-electron chi connectivity index (χ2n) is 15.3. The van der Waals surface area contributed by atoms with Gasteiger partial charge in [0.2, 0.25) is 14.1 Å². The number of hydrogen-bond donors (Lipinski definition) is 2. The second kappa shape index (κ2) is 15.3. The summed E-state index contributed by atoms with van der Waals surface area (Å²) in [6.07, 6.45) is 3.53. The van der Waals surface area contributed by atoms with Crippen LogP contribution in [-0.2, 0) is 23.3 Å². The molecule has 1 aliphatic carbocycles. The van der Waals surface area contributed by atoms with Crippen molar-refractivity contribution in [2.75, 3.05) is 11.9 Å². The molecule has 1 aliphatic rings. The normalized spacial score (nSPS) is 20.4. The first-order valence-corrected chi connectivity index (χ1v) is 24.1. The highest BCUT2D eigenvalue weighted by atomic mass is 35.5. The highest BCUT2D eigenvalue weighted by Crippen LogP contribution is 2.46. The predicted octanol–water partition coefficient (Wildman–Crippen LogP) is 8.48. The van der Waals surface area contributed by atoms with E-state index in [1.807, 2.05) is 13.0 Å². The summed E-state index contributed by atoms with van der Waals surface area (Å²) in [7, 11) is -8.50. The molecule has 0 saturated heterocycles. The molecule has 0 radical (unpaired) electrons. The minimum Gasteiger partial charge on any atom is -0.413 e. The Balaban J connectivity index is 1.88. The molecule has 0 amide bonds. The molecule has 0 spiro atoms. The first-order chi connectivity index (χ1) is 21.5. The van der Waals surface area contributed by atoms with Gasteiger partial charge in [0.15, 0.2) is 8.32 Å². The molecule has 4 atom stereocenters. The van der Waals surface area contributed by atoms with Crippen molar-refractivity contribution < 1.29 is 26.2 Å². The van der Waals surface area contributed by atoms with Crippen molar-refractivity contribution in [2.45, 2.75) is 135 Å². The van der Waals surface area contributed by atoms with Gasteiger partial charge < -0.3 is 14.2 Å². The van der Waals surface area contributed by atoms with Crippen molar-refractivity contribution in [1.29, 1.82) is 0 Å². The van der Waals surface area contributed by atoms with Gasteiger partial charge in [0.05, 0.1) is 33.6 Å². The number of nitrogens with two attached hydrogens (primary N) is 1. The maximum atomic E-state index is 13.9. The molecule has 2 aromatic rings. The van der Waals surface area contributed by atoms with Crippen LogP contribution >= 0.6 is 22.9 Å². The van der Waals surface area contributed by atoms with Crippen molar-refractivity contribution >= 4 is 61.5 Å². The number of carbonyl (C=O) groups excluding carboxylic acids is 1. The molecule has 1 fully saturated rings. The lowest BCUT2D eigenvalue weighted by Crippen LogP contribution is -2.51. The van der Waals surface area contributed by atoms with Gasteiger partial charge in [-0.2, -0.15) is 8.42 Å². The molecule has 0 bridgehead atoms. The van der Waals surface area contributed by atoms with E-state index in [1.54, 1.807) is 0 Å². The van der Waals surface area contributed by atoms with Gasteiger partial charge in [-0.25, -0.2) is 15.1 Å². The average Bonchev–Trinajstić information content (AvgIpc) is 3.51. The zero-order valence-corrected chi connectivity index (χ0v) is 34.4. The van der Waals surface area contributed by atoms with Crippen LogP contribution in [0.3, 0.4) is 0 Å². The Morgan fingerprint density at radius 1 is 1.11 bits per heavy atom. The first kappa shape index (κ1) is 40.2. The Kier molecular flexibility index (Phi) is 13.1. The molecule has 266 valence electrons. The number of thiophene rings is 1. The third-order valence-electron chi connectivity index (χ3n) is 10.1. The van der Waals surface area contributed by atoms with Crippen molar-refractivity contribution in [2.24, 2.45) is 11.1 Å². The molecule has 3 N–H and O–H groups in total. The summed E-state index contributed by atoms with van der Waals surface area (Å²) >= 11 is 7.91. The van der Waals surface area contributed by atoms with Gasteiger partial charge in [-0.1, -0.05) is 73.9 Å². The quantitative estimate of drug-likeness (QED) is 0.136. The van der Waals surface area contributed by atoms with Crippen LogP contribution < -0.4 is 10.5 Å². The van der Waals surface area contributed by atoms with Gasteiger partial charge in [0, 0.05) is 23.7 Å². The number of ketones is 1. The van der Waals surface area contributed by atoms with Crippen molar-refractivity contribution in [1.82, 2.24) is 9.97 Å². The van der Waals surface area contributed by atoms with E-state index in [0.717, 1.165) is 5.56 Å². The van der Waals surface area contributed by atoms with Gasteiger partial charge >= 0.3 is 10.3 Å². The van der Waals surface area contributed by atoms with Crippen LogP contribution in [-0.4, -0.2) is 59.6 Å². The Hall–Kier alpha value is -1.24. The van der Waals surface area contributed by atoms with E-state index in [-0.39, 0.29) is 41.6 Å². The average molecular weight is 748 g/mol. The number of rotatable bonds is 15. The lowest BCUT2D eigenvalue weighted by molar-refractivity contribution is 0.103. The van der Waals surface area contributed by atoms with E-state index in [1.165, 1.54) is 23.9 Å². The summed E-state index contributed by atoms with van der Waals surface area (Å²) in [5, 5.41) is 8.70. The molecule has 1 unspecified atom stereocenters. The van der Waals surface area contributed by atoms with E-state index in [4.69, 9.17) is 29.8 Å². The summed E-state index contributed by atoms with van der Waals surface area (Å²) in [5.41, 5.74) is 2.15. The van der Waals surface area contributed by atoms with E-state index in [9.17, 15) is 13.2 Å². The maximum Gasteiger partial charge on any atom is 0.333 e. The summed E-state index contributed by atoms with van der Waals surface area (Å²) in [6.45, 7) is 26.1. The second-order valence-corrected chi connectivity index (χ2v) is 28.3. The number of halogens is 1. The molecular formula is C32H55ClN4O6S2Si2. The lowest BCUT2D eigenvalue weighted by atomic mass is 10.1. The minimum absolute atomic E-state index is 0.0282. The van der Waals surface area contributed by atoms with Crippen LogP contribution in [0.4, 0.5) is 5.82 Å². The van der Waals surface area contributed by atoms with Crippen LogP contribution in [0.2, 0.25) is 39.1 Å². The van der Waals surface area contributed by atoms with E-state index < -0.39 is 26.9 Å². The van der Waals surface area contributed by atoms with Gasteiger partial charge in [-0.15, -0.1) is 11.3 Å². The number of nitrogens with one attached hydrogen (secondary N) is 1. The monoisotopic (exact) mass is 746 g/mol. The standard InChI is InChI=1S/C32H55ClN4O6S2Si2/c1-19(2)47(20(3)4,21(5)6)43-27-14-24(13-23(27)17-41-45(34,39)40)37-31-26(16-35-18-36-31)29(38)28-15-25(30(33)44-28)22(7)42-46(11,12)32(8,9)10/h15-16,18-24,27H,13-14,17H2,1-12H3,(H2,34,39,40)(H,35,36,37)/t22?,23-,24-,27+/m1/s1. The fourth-order valence-corrected chi connectivity index (χ4v) is 15.5. The molecule has 47 heavy (non-hydrogen) atoms. The Bertz CT molecular complexity index is 1470. The topological polar surface area (TPSA) is 143 Å². The van der Waals surface area contributed by atoms with Gasteiger partial charge in [0.1, 0.15) is 12.1 Å². The van der Waals surface area contributed by atoms with E-state index >= 15 is 0 Å². The van der Waals surface area contributed by atoms with Crippen LogP contribution in [0.15, 0.2) is 18.6 Å². The third-order valence-corrected chi connectivity index (χ3v) is 22.6. The summed E-state index contributed by atoms with van der Waals surface area (Å²) in [5.74, 6) is -0.0639. The van der Waals surface area contributed by atoms with Crippen molar-refractivity contribution in [3.63, 3.8) is 0 Å². The number of anilines is 1. The molecule has 2 heterocycles. The summed E-state index contributed by atoms with van der Waals surface area (Å²) < 4.78 is 42.8. The van der Waals surface area contributed by atoms with E-state index in [0.29, 0.717) is 50.1 Å². The number of hydrogen-bond acceptors (Lipinski definition) is 10. The molecule has 15 heteroatoms. The molecule has 0 aliphatic heterocycles. The van der Waals surface area contributed by atoms with Crippen LogP contribution in [0.25, 0.3) is 0 Å². The smallest absolute Gasteiger partial charge is 0.333 e. The largest absolute Gasteiger partial charge is 0.413 e.